The van der Waals surface area contributed by atoms with E-state index in [-0.39, 0.29) is 0 Å². The van der Waals surface area contributed by atoms with Crippen molar-refractivity contribution in [3.63, 3.8) is 0 Å². The quantitative estimate of drug-likeness (QED) is 0.730. The molecule has 0 aromatic heterocycles. The molecule has 1 aliphatic heterocycles. The van der Waals surface area contributed by atoms with Gasteiger partial charge in [0, 0.05) is 18.2 Å². The summed E-state index contributed by atoms with van der Waals surface area (Å²) in [6.07, 6.45) is 7.41. The largest absolute Gasteiger partial charge is 0.381 e. The maximum Gasteiger partial charge on any atom is 0.0469 e. The Kier molecular flexibility index (Phi) is 7.42. The van der Waals surface area contributed by atoms with E-state index >= 15 is 0 Å². The van der Waals surface area contributed by atoms with Crippen LogP contribution in [0.4, 0.5) is 0 Å². The highest BCUT2D eigenvalue weighted by Crippen LogP contribution is 2.15. The zero-order chi connectivity index (χ0) is 14.0. The third-order valence-electron chi connectivity index (χ3n) is 3.97. The van der Waals surface area contributed by atoms with E-state index < -0.39 is 0 Å². The van der Waals surface area contributed by atoms with Crippen LogP contribution in [0.5, 0.6) is 0 Å². The van der Waals surface area contributed by atoms with Gasteiger partial charge in [-0.15, -0.1) is 0 Å². The summed E-state index contributed by atoms with van der Waals surface area (Å²) in [5.74, 6) is 0.876. The average Bonchev–Trinajstić information content (AvgIpc) is 2.49. The SMILES string of the molecule is Clc1ccc(CCCOCCCC2CCCNC2)cc1. The van der Waals surface area contributed by atoms with Crippen LogP contribution >= 0.6 is 11.6 Å². The lowest BCUT2D eigenvalue weighted by Crippen LogP contribution is -2.29. The van der Waals surface area contributed by atoms with Gasteiger partial charge in [0.15, 0.2) is 0 Å². The number of nitrogens with one attached hydrogen (secondary N) is 1. The highest BCUT2D eigenvalue weighted by atomic mass is 35.5. The molecule has 1 N–H and O–H groups in total. The zero-order valence-electron chi connectivity index (χ0n) is 12.2. The van der Waals surface area contributed by atoms with Gasteiger partial charge in [-0.2, -0.15) is 0 Å². The lowest BCUT2D eigenvalue weighted by molar-refractivity contribution is 0.123. The maximum atomic E-state index is 5.87. The topological polar surface area (TPSA) is 21.3 Å². The zero-order valence-corrected chi connectivity index (χ0v) is 13.0. The molecule has 1 unspecified atom stereocenters. The Morgan fingerprint density at radius 1 is 1.15 bits per heavy atom. The third-order valence-corrected chi connectivity index (χ3v) is 4.22. The molecule has 0 radical (unpaired) electrons. The molecule has 1 aliphatic rings. The summed E-state index contributed by atoms with van der Waals surface area (Å²) >= 11 is 5.87. The fourth-order valence-corrected chi connectivity index (χ4v) is 2.90. The molecule has 20 heavy (non-hydrogen) atoms. The van der Waals surface area contributed by atoms with Crippen molar-refractivity contribution in [2.45, 2.75) is 38.5 Å². The van der Waals surface area contributed by atoms with E-state index in [2.05, 4.69) is 17.4 Å². The molecule has 0 amide bonds. The Labute approximate surface area is 127 Å². The first kappa shape index (κ1) is 15.8. The molecule has 3 heteroatoms. The van der Waals surface area contributed by atoms with E-state index in [1.54, 1.807) is 0 Å². The Morgan fingerprint density at radius 3 is 2.70 bits per heavy atom. The summed E-state index contributed by atoms with van der Waals surface area (Å²) in [7, 11) is 0. The van der Waals surface area contributed by atoms with Crippen LogP contribution in [0.1, 0.15) is 37.7 Å². The van der Waals surface area contributed by atoms with Gasteiger partial charge in [-0.05, 0) is 75.2 Å². The number of benzene rings is 1. The monoisotopic (exact) mass is 295 g/mol. The van der Waals surface area contributed by atoms with E-state index in [4.69, 9.17) is 16.3 Å². The molecule has 0 saturated carbocycles. The molecule has 1 atom stereocenters. The first-order chi connectivity index (χ1) is 9.84. The van der Waals surface area contributed by atoms with Crippen molar-refractivity contribution in [3.05, 3.63) is 34.9 Å². The van der Waals surface area contributed by atoms with Crippen molar-refractivity contribution in [3.8, 4) is 0 Å². The smallest absolute Gasteiger partial charge is 0.0469 e. The molecule has 1 aromatic carbocycles. The van der Waals surface area contributed by atoms with Crippen molar-refractivity contribution >= 4 is 11.6 Å². The molecule has 1 fully saturated rings. The highest BCUT2D eigenvalue weighted by molar-refractivity contribution is 6.30. The van der Waals surface area contributed by atoms with Gasteiger partial charge in [0.1, 0.15) is 0 Å². The molecule has 1 aromatic rings. The number of hydrogen-bond donors (Lipinski definition) is 1. The van der Waals surface area contributed by atoms with Crippen molar-refractivity contribution < 1.29 is 4.74 Å². The van der Waals surface area contributed by atoms with E-state index in [1.807, 2.05) is 12.1 Å². The van der Waals surface area contributed by atoms with E-state index in [9.17, 15) is 0 Å². The maximum absolute atomic E-state index is 5.87. The van der Waals surface area contributed by atoms with Crippen LogP contribution in [0.2, 0.25) is 5.02 Å². The normalized spacial score (nSPS) is 19.1. The predicted octanol–water partition coefficient (Wildman–Crippen LogP) is 4.07. The Morgan fingerprint density at radius 2 is 1.95 bits per heavy atom. The van der Waals surface area contributed by atoms with Crippen LogP contribution in [0.25, 0.3) is 0 Å². The first-order valence-corrected chi connectivity index (χ1v) is 8.25. The summed E-state index contributed by atoms with van der Waals surface area (Å²) in [4.78, 5) is 0. The lowest BCUT2D eigenvalue weighted by Gasteiger charge is -2.22. The number of halogens is 1. The van der Waals surface area contributed by atoms with Gasteiger partial charge < -0.3 is 10.1 Å². The second kappa shape index (κ2) is 9.38. The van der Waals surface area contributed by atoms with Gasteiger partial charge in [0.05, 0.1) is 0 Å². The van der Waals surface area contributed by atoms with Gasteiger partial charge in [0.2, 0.25) is 0 Å². The second-order valence-corrected chi connectivity index (χ2v) is 6.13. The minimum absolute atomic E-state index is 0.808. The fraction of sp³-hybridized carbons (Fsp3) is 0.647. The van der Waals surface area contributed by atoms with Crippen molar-refractivity contribution in [2.75, 3.05) is 26.3 Å². The fourth-order valence-electron chi connectivity index (χ4n) is 2.78. The van der Waals surface area contributed by atoms with Crippen LogP contribution in [-0.4, -0.2) is 26.3 Å². The minimum atomic E-state index is 0.808. The first-order valence-electron chi connectivity index (χ1n) is 7.87. The second-order valence-electron chi connectivity index (χ2n) is 5.70. The number of piperidine rings is 1. The standard InChI is InChI=1S/C17H26ClNO/c18-17-9-7-15(8-10-17)5-2-12-20-13-3-6-16-4-1-11-19-14-16/h7-10,16,19H,1-6,11-14H2. The number of ether oxygens (including phenoxy) is 1. The molecular weight excluding hydrogens is 270 g/mol. The lowest BCUT2D eigenvalue weighted by atomic mass is 9.95. The van der Waals surface area contributed by atoms with E-state index in [0.29, 0.717) is 0 Å². The third kappa shape index (κ3) is 6.25. The summed E-state index contributed by atoms with van der Waals surface area (Å²) < 4.78 is 5.72. The van der Waals surface area contributed by atoms with Gasteiger partial charge in [-0.3, -0.25) is 0 Å². The predicted molar refractivity (Wildman–Crippen MR) is 85.4 cm³/mol. The highest BCUT2D eigenvalue weighted by Gasteiger charge is 2.11. The molecule has 112 valence electrons. The van der Waals surface area contributed by atoms with Crippen LogP contribution in [0.3, 0.4) is 0 Å². The number of rotatable bonds is 8. The summed E-state index contributed by atoms with van der Waals surface area (Å²) in [6, 6.07) is 8.10. The molecule has 0 aliphatic carbocycles. The minimum Gasteiger partial charge on any atom is -0.381 e. The van der Waals surface area contributed by atoms with E-state index in [0.717, 1.165) is 37.0 Å². The van der Waals surface area contributed by atoms with Crippen LogP contribution in [-0.2, 0) is 11.2 Å². The van der Waals surface area contributed by atoms with Crippen LogP contribution < -0.4 is 5.32 Å². The Balaban J connectivity index is 1.44. The molecule has 0 spiro atoms. The summed E-state index contributed by atoms with van der Waals surface area (Å²) in [5.41, 5.74) is 1.34. The van der Waals surface area contributed by atoms with Gasteiger partial charge in [0.25, 0.3) is 0 Å². The average molecular weight is 296 g/mol. The summed E-state index contributed by atoms with van der Waals surface area (Å²) in [5, 5.41) is 4.28. The van der Waals surface area contributed by atoms with Crippen molar-refractivity contribution in [1.82, 2.24) is 5.32 Å². The van der Waals surface area contributed by atoms with Crippen LogP contribution in [0.15, 0.2) is 24.3 Å². The molecule has 1 saturated heterocycles. The molecular formula is C17H26ClNO. The van der Waals surface area contributed by atoms with Gasteiger partial charge >= 0.3 is 0 Å². The van der Waals surface area contributed by atoms with Crippen molar-refractivity contribution in [2.24, 2.45) is 5.92 Å². The molecule has 1 heterocycles. The summed E-state index contributed by atoms with van der Waals surface area (Å²) in [6.45, 7) is 4.19. The molecule has 2 rings (SSSR count). The Bertz CT molecular complexity index is 360. The van der Waals surface area contributed by atoms with Crippen LogP contribution in [0, 0.1) is 5.92 Å². The van der Waals surface area contributed by atoms with Gasteiger partial charge in [-0.25, -0.2) is 0 Å². The number of aryl methyl sites for hydroxylation is 1. The van der Waals surface area contributed by atoms with Gasteiger partial charge in [-0.1, -0.05) is 23.7 Å². The molecule has 0 bridgehead atoms. The van der Waals surface area contributed by atoms with E-state index in [1.165, 1.54) is 44.3 Å². The molecule has 2 nitrogen and oxygen atoms in total. The van der Waals surface area contributed by atoms with Crippen molar-refractivity contribution in [1.29, 1.82) is 0 Å². The Hall–Kier alpha value is -0.570. The number of hydrogen-bond acceptors (Lipinski definition) is 2.